The number of aromatic nitrogens is 3. The van der Waals surface area contributed by atoms with Crippen molar-refractivity contribution in [3.8, 4) is 5.88 Å². The highest BCUT2D eigenvalue weighted by atomic mass is 35.5. The molecule has 1 aliphatic rings. The minimum absolute atomic E-state index is 0.107. The Morgan fingerprint density at radius 1 is 1.27 bits per heavy atom. The Morgan fingerprint density at radius 3 is 2.62 bits per heavy atom. The van der Waals surface area contributed by atoms with Gasteiger partial charge in [0.05, 0.1) is 23.1 Å². The summed E-state index contributed by atoms with van der Waals surface area (Å²) in [5.74, 6) is 0.767. The van der Waals surface area contributed by atoms with Gasteiger partial charge in [-0.05, 0) is 32.4 Å². The van der Waals surface area contributed by atoms with Crippen LogP contribution in [0.5, 0.6) is 5.88 Å². The fourth-order valence-corrected chi connectivity index (χ4v) is 5.05. The SMILES string of the molecule is Cc1nc2sc([C@H](c3ccccc3Cl)N3C[C@@H](C)O[C@@H](C)C3)c(O)n2n1. The van der Waals surface area contributed by atoms with Crippen LogP contribution in [0.3, 0.4) is 0 Å². The predicted molar refractivity (Wildman–Crippen MR) is 102 cm³/mol. The lowest BCUT2D eigenvalue weighted by Crippen LogP contribution is -2.47. The number of aromatic hydroxyl groups is 1. The van der Waals surface area contributed by atoms with Crippen LogP contribution >= 0.6 is 22.9 Å². The molecule has 1 aliphatic heterocycles. The van der Waals surface area contributed by atoms with Crippen LogP contribution in [-0.2, 0) is 4.74 Å². The molecule has 3 atom stereocenters. The maximum Gasteiger partial charge on any atom is 0.230 e. The molecule has 3 heterocycles. The third kappa shape index (κ3) is 3.09. The minimum Gasteiger partial charge on any atom is -0.492 e. The van der Waals surface area contributed by atoms with Crippen molar-refractivity contribution in [3.05, 3.63) is 45.6 Å². The maximum absolute atomic E-state index is 10.9. The van der Waals surface area contributed by atoms with Crippen LogP contribution in [0.4, 0.5) is 0 Å². The Morgan fingerprint density at radius 2 is 1.96 bits per heavy atom. The van der Waals surface area contributed by atoms with Crippen molar-refractivity contribution in [2.75, 3.05) is 13.1 Å². The standard InChI is InChI=1S/C18H21ClN4O2S/c1-10-8-22(9-11(2)25-10)15(13-6-4-5-7-14(13)19)16-17(24)23-18(26-16)20-12(3)21-23/h4-7,10-11,15,24H,8-9H2,1-3H3/t10-,11+,15-/m0/s1. The molecule has 3 aromatic rings. The zero-order chi connectivity index (χ0) is 18.4. The highest BCUT2D eigenvalue weighted by molar-refractivity contribution is 7.17. The lowest BCUT2D eigenvalue weighted by molar-refractivity contribution is -0.0764. The Kier molecular flexibility index (Phi) is 4.64. The van der Waals surface area contributed by atoms with E-state index in [4.69, 9.17) is 16.3 Å². The molecule has 0 aliphatic carbocycles. The quantitative estimate of drug-likeness (QED) is 0.737. The fraction of sp³-hybridized carbons (Fsp3) is 0.444. The van der Waals surface area contributed by atoms with E-state index in [1.54, 1.807) is 0 Å². The number of hydrogen-bond donors (Lipinski definition) is 1. The highest BCUT2D eigenvalue weighted by Crippen LogP contribution is 2.42. The van der Waals surface area contributed by atoms with E-state index in [-0.39, 0.29) is 24.1 Å². The summed E-state index contributed by atoms with van der Waals surface area (Å²) in [7, 11) is 0. The van der Waals surface area contributed by atoms with E-state index in [0.29, 0.717) is 15.8 Å². The van der Waals surface area contributed by atoms with Crippen molar-refractivity contribution in [3.63, 3.8) is 0 Å². The van der Waals surface area contributed by atoms with Gasteiger partial charge in [-0.3, -0.25) is 4.90 Å². The molecule has 0 unspecified atom stereocenters. The summed E-state index contributed by atoms with van der Waals surface area (Å²) in [5, 5.41) is 15.8. The van der Waals surface area contributed by atoms with Crippen LogP contribution in [0.2, 0.25) is 5.02 Å². The molecule has 6 nitrogen and oxygen atoms in total. The number of fused-ring (bicyclic) bond motifs is 1. The summed E-state index contributed by atoms with van der Waals surface area (Å²) < 4.78 is 7.40. The van der Waals surface area contributed by atoms with Crippen LogP contribution < -0.4 is 0 Å². The minimum atomic E-state index is -0.175. The van der Waals surface area contributed by atoms with E-state index in [1.807, 2.05) is 31.2 Å². The van der Waals surface area contributed by atoms with Gasteiger partial charge in [0.25, 0.3) is 0 Å². The zero-order valence-corrected chi connectivity index (χ0v) is 16.5. The van der Waals surface area contributed by atoms with E-state index >= 15 is 0 Å². The van der Waals surface area contributed by atoms with Crippen LogP contribution in [-0.4, -0.2) is 49.9 Å². The molecule has 138 valence electrons. The molecule has 0 bridgehead atoms. The summed E-state index contributed by atoms with van der Waals surface area (Å²) in [6.45, 7) is 7.46. The molecular weight excluding hydrogens is 372 g/mol. The average molecular weight is 393 g/mol. The third-order valence-corrected chi connectivity index (χ3v) is 5.98. The maximum atomic E-state index is 10.9. The first-order chi connectivity index (χ1) is 12.4. The molecule has 0 saturated carbocycles. The molecule has 26 heavy (non-hydrogen) atoms. The molecule has 1 saturated heterocycles. The van der Waals surface area contributed by atoms with E-state index in [1.165, 1.54) is 15.9 Å². The van der Waals surface area contributed by atoms with E-state index in [0.717, 1.165) is 23.5 Å². The average Bonchev–Trinajstić information content (AvgIpc) is 3.07. The number of halogens is 1. The number of aryl methyl sites for hydroxylation is 1. The highest BCUT2D eigenvalue weighted by Gasteiger charge is 2.34. The second kappa shape index (κ2) is 6.81. The van der Waals surface area contributed by atoms with E-state index in [9.17, 15) is 5.11 Å². The molecule has 0 amide bonds. The van der Waals surface area contributed by atoms with Gasteiger partial charge in [0, 0.05) is 18.1 Å². The monoisotopic (exact) mass is 392 g/mol. The van der Waals surface area contributed by atoms with Gasteiger partial charge in [-0.1, -0.05) is 41.1 Å². The zero-order valence-electron chi connectivity index (χ0n) is 14.9. The largest absolute Gasteiger partial charge is 0.492 e. The van der Waals surface area contributed by atoms with Crippen molar-refractivity contribution >= 4 is 27.9 Å². The molecule has 0 spiro atoms. The summed E-state index contributed by atoms with van der Waals surface area (Å²) >= 11 is 7.99. The Balaban J connectivity index is 1.85. The summed E-state index contributed by atoms with van der Waals surface area (Å²) in [5.41, 5.74) is 0.965. The van der Waals surface area contributed by atoms with Gasteiger partial charge >= 0.3 is 0 Å². The number of morpholine rings is 1. The molecule has 1 aromatic carbocycles. The van der Waals surface area contributed by atoms with Crippen molar-refractivity contribution < 1.29 is 9.84 Å². The number of rotatable bonds is 3. The Hall–Kier alpha value is -1.67. The van der Waals surface area contributed by atoms with Crippen LogP contribution in [0.25, 0.3) is 4.96 Å². The second-order valence-corrected chi connectivity index (χ2v) is 8.19. The van der Waals surface area contributed by atoms with Gasteiger partial charge in [0.15, 0.2) is 0 Å². The molecule has 8 heteroatoms. The number of nitrogens with zero attached hydrogens (tertiary/aromatic N) is 4. The molecule has 1 fully saturated rings. The van der Waals surface area contributed by atoms with Crippen molar-refractivity contribution in [2.45, 2.75) is 39.0 Å². The molecule has 0 radical (unpaired) electrons. The van der Waals surface area contributed by atoms with Crippen molar-refractivity contribution in [1.82, 2.24) is 19.5 Å². The lowest BCUT2D eigenvalue weighted by atomic mass is 10.0. The van der Waals surface area contributed by atoms with Crippen LogP contribution in [0, 0.1) is 6.92 Å². The Labute approximate surface area is 161 Å². The lowest BCUT2D eigenvalue weighted by Gasteiger charge is -2.40. The van der Waals surface area contributed by atoms with Crippen molar-refractivity contribution in [2.24, 2.45) is 0 Å². The van der Waals surface area contributed by atoms with Gasteiger partial charge in [-0.15, -0.1) is 5.10 Å². The summed E-state index contributed by atoms with van der Waals surface area (Å²) in [6.07, 6.45) is 0.214. The van der Waals surface area contributed by atoms with E-state index < -0.39 is 0 Å². The fourth-order valence-electron chi connectivity index (χ4n) is 3.66. The number of thiazole rings is 1. The van der Waals surface area contributed by atoms with Crippen LogP contribution in [0.15, 0.2) is 24.3 Å². The molecular formula is C18H21ClN4O2S. The Bertz CT molecular complexity index is 931. The predicted octanol–water partition coefficient (Wildman–Crippen LogP) is 3.66. The first-order valence-corrected chi connectivity index (χ1v) is 9.82. The van der Waals surface area contributed by atoms with Gasteiger partial charge < -0.3 is 9.84 Å². The number of hydrogen-bond acceptors (Lipinski definition) is 6. The molecule has 2 aromatic heterocycles. The molecule has 4 rings (SSSR count). The first kappa shape index (κ1) is 17.7. The normalized spacial score (nSPS) is 22.8. The van der Waals surface area contributed by atoms with Crippen molar-refractivity contribution in [1.29, 1.82) is 0 Å². The van der Waals surface area contributed by atoms with Gasteiger partial charge in [-0.2, -0.15) is 4.52 Å². The summed E-state index contributed by atoms with van der Waals surface area (Å²) in [6, 6.07) is 7.61. The topological polar surface area (TPSA) is 62.9 Å². The summed E-state index contributed by atoms with van der Waals surface area (Å²) in [4.78, 5) is 8.20. The number of benzene rings is 1. The second-order valence-electron chi connectivity index (χ2n) is 6.78. The third-order valence-electron chi connectivity index (χ3n) is 4.57. The van der Waals surface area contributed by atoms with Gasteiger partial charge in [0.1, 0.15) is 5.82 Å². The molecule has 1 N–H and O–H groups in total. The van der Waals surface area contributed by atoms with Gasteiger partial charge in [0.2, 0.25) is 10.8 Å². The number of ether oxygens (including phenoxy) is 1. The smallest absolute Gasteiger partial charge is 0.230 e. The first-order valence-electron chi connectivity index (χ1n) is 8.63. The van der Waals surface area contributed by atoms with Crippen LogP contribution in [0.1, 0.15) is 36.2 Å². The van der Waals surface area contributed by atoms with E-state index in [2.05, 4.69) is 28.8 Å². The van der Waals surface area contributed by atoms with Gasteiger partial charge in [-0.25, -0.2) is 4.98 Å².